The Kier molecular flexibility index (Phi) is 6.64. The summed E-state index contributed by atoms with van der Waals surface area (Å²) < 4.78 is 13.6. The molecule has 1 aromatic rings. The second kappa shape index (κ2) is 9.15. The summed E-state index contributed by atoms with van der Waals surface area (Å²) >= 11 is 0. The summed E-state index contributed by atoms with van der Waals surface area (Å²) in [4.78, 5) is 26.6. The Hall–Kier alpha value is -1.91. The molecule has 1 aromatic carbocycles. The molecule has 1 aliphatic heterocycles. The minimum absolute atomic E-state index is 0.0115. The molecule has 0 aromatic heterocycles. The smallest absolute Gasteiger partial charge is 0.225 e. The first kappa shape index (κ1) is 18.9. The lowest BCUT2D eigenvalue weighted by Gasteiger charge is -2.31. The molecule has 26 heavy (non-hydrogen) atoms. The largest absolute Gasteiger partial charge is 0.356 e. The average Bonchev–Trinajstić information content (AvgIpc) is 3.05. The van der Waals surface area contributed by atoms with Crippen molar-refractivity contribution < 1.29 is 14.0 Å². The lowest BCUT2D eigenvalue weighted by molar-refractivity contribution is -0.130. The molecule has 2 amide bonds. The van der Waals surface area contributed by atoms with E-state index < -0.39 is 0 Å². The number of unbranched alkanes of at least 4 members (excludes halogenated alkanes) is 1. The fraction of sp³-hybridized carbons (Fsp3) is 0.619. The van der Waals surface area contributed by atoms with Crippen molar-refractivity contribution in [3.05, 3.63) is 35.6 Å². The van der Waals surface area contributed by atoms with E-state index in [1.165, 1.54) is 25.3 Å². The number of nitrogens with one attached hydrogen (secondary N) is 1. The van der Waals surface area contributed by atoms with Gasteiger partial charge in [-0.2, -0.15) is 0 Å². The molecule has 5 heteroatoms. The Morgan fingerprint density at radius 2 is 1.92 bits per heavy atom. The Bertz CT molecular complexity index is 628. The summed E-state index contributed by atoms with van der Waals surface area (Å²) in [5.74, 6) is -0.251. The molecule has 1 unspecified atom stereocenters. The van der Waals surface area contributed by atoms with E-state index in [9.17, 15) is 14.0 Å². The van der Waals surface area contributed by atoms with Crippen LogP contribution in [0.2, 0.25) is 0 Å². The summed E-state index contributed by atoms with van der Waals surface area (Å²) in [5.41, 5.74) is 0.725. The van der Waals surface area contributed by atoms with Crippen molar-refractivity contribution in [2.24, 2.45) is 5.92 Å². The number of nitrogens with zero attached hydrogens (tertiary/aromatic N) is 1. The van der Waals surface area contributed by atoms with Gasteiger partial charge in [-0.1, -0.05) is 37.5 Å². The number of hydrogen-bond donors (Lipinski definition) is 1. The minimum Gasteiger partial charge on any atom is -0.356 e. The average molecular weight is 360 g/mol. The molecule has 2 aliphatic rings. The van der Waals surface area contributed by atoms with Crippen LogP contribution in [0.5, 0.6) is 0 Å². The zero-order chi connectivity index (χ0) is 18.4. The van der Waals surface area contributed by atoms with E-state index >= 15 is 0 Å². The molecule has 1 N–H and O–H groups in total. The van der Waals surface area contributed by atoms with Crippen molar-refractivity contribution in [2.75, 3.05) is 13.1 Å². The van der Waals surface area contributed by atoms with Crippen LogP contribution in [0.25, 0.3) is 0 Å². The zero-order valence-corrected chi connectivity index (χ0v) is 15.4. The van der Waals surface area contributed by atoms with Gasteiger partial charge in [0.1, 0.15) is 5.82 Å². The predicted octanol–water partition coefficient (Wildman–Crippen LogP) is 3.45. The Labute approximate surface area is 155 Å². The van der Waals surface area contributed by atoms with E-state index in [0.717, 1.165) is 31.2 Å². The SMILES string of the molecule is O=C(NCCCCc1ccccc1F)C1CC(=O)N(C2CCCCC2)C1. The van der Waals surface area contributed by atoms with Gasteiger partial charge in [-0.3, -0.25) is 9.59 Å². The number of rotatable bonds is 7. The van der Waals surface area contributed by atoms with E-state index in [2.05, 4.69) is 5.32 Å². The fourth-order valence-corrected chi connectivity index (χ4v) is 4.15. The number of hydrogen-bond acceptors (Lipinski definition) is 2. The summed E-state index contributed by atoms with van der Waals surface area (Å²) in [7, 11) is 0. The second-order valence-corrected chi connectivity index (χ2v) is 7.58. The lowest BCUT2D eigenvalue weighted by Crippen LogP contribution is -2.39. The number of carbonyl (C=O) groups is 2. The van der Waals surface area contributed by atoms with Crippen LogP contribution in [0.3, 0.4) is 0 Å². The quantitative estimate of drug-likeness (QED) is 0.757. The summed E-state index contributed by atoms with van der Waals surface area (Å²) in [6, 6.07) is 7.16. The monoisotopic (exact) mass is 360 g/mol. The Morgan fingerprint density at radius 1 is 1.15 bits per heavy atom. The molecule has 0 radical (unpaired) electrons. The highest BCUT2D eigenvalue weighted by molar-refractivity contribution is 5.89. The molecule has 4 nitrogen and oxygen atoms in total. The molecule has 1 heterocycles. The summed E-state index contributed by atoms with van der Waals surface area (Å²) in [6.07, 6.45) is 8.46. The Morgan fingerprint density at radius 3 is 2.69 bits per heavy atom. The number of aryl methyl sites for hydroxylation is 1. The topological polar surface area (TPSA) is 49.4 Å². The molecular weight excluding hydrogens is 331 g/mol. The molecule has 1 saturated carbocycles. The normalized spacial score (nSPS) is 21.2. The highest BCUT2D eigenvalue weighted by Crippen LogP contribution is 2.28. The molecule has 1 saturated heterocycles. The minimum atomic E-state index is -0.212. The molecule has 2 fully saturated rings. The van der Waals surface area contributed by atoms with E-state index in [0.29, 0.717) is 32.0 Å². The predicted molar refractivity (Wildman–Crippen MR) is 99.0 cm³/mol. The van der Waals surface area contributed by atoms with Crippen molar-refractivity contribution in [1.29, 1.82) is 0 Å². The van der Waals surface area contributed by atoms with Gasteiger partial charge < -0.3 is 10.2 Å². The van der Waals surface area contributed by atoms with Crippen LogP contribution in [0.15, 0.2) is 24.3 Å². The molecule has 1 atom stereocenters. The van der Waals surface area contributed by atoms with Crippen molar-refractivity contribution in [3.63, 3.8) is 0 Å². The first-order valence-electron chi connectivity index (χ1n) is 9.95. The van der Waals surface area contributed by atoms with Gasteiger partial charge in [0.2, 0.25) is 11.8 Å². The van der Waals surface area contributed by atoms with Gasteiger partial charge in [0, 0.05) is 25.6 Å². The molecule has 0 spiro atoms. The van der Waals surface area contributed by atoms with E-state index in [4.69, 9.17) is 0 Å². The van der Waals surface area contributed by atoms with Crippen LogP contribution in [0.1, 0.15) is 56.9 Å². The lowest BCUT2D eigenvalue weighted by atomic mass is 9.94. The third kappa shape index (κ3) is 4.83. The van der Waals surface area contributed by atoms with Crippen LogP contribution >= 0.6 is 0 Å². The number of likely N-dealkylation sites (tertiary alicyclic amines) is 1. The number of halogens is 1. The highest BCUT2D eigenvalue weighted by atomic mass is 19.1. The number of benzene rings is 1. The maximum Gasteiger partial charge on any atom is 0.225 e. The van der Waals surface area contributed by atoms with Crippen LogP contribution in [-0.4, -0.2) is 35.8 Å². The van der Waals surface area contributed by atoms with Crippen LogP contribution in [0.4, 0.5) is 4.39 Å². The second-order valence-electron chi connectivity index (χ2n) is 7.58. The van der Waals surface area contributed by atoms with Gasteiger partial charge in [-0.25, -0.2) is 4.39 Å². The zero-order valence-electron chi connectivity index (χ0n) is 15.4. The molecular formula is C21H29FN2O2. The first-order chi connectivity index (χ1) is 12.6. The molecule has 0 bridgehead atoms. The van der Waals surface area contributed by atoms with Gasteiger partial charge in [0.25, 0.3) is 0 Å². The van der Waals surface area contributed by atoms with Crippen LogP contribution < -0.4 is 5.32 Å². The maximum absolute atomic E-state index is 13.6. The third-order valence-electron chi connectivity index (χ3n) is 5.67. The van der Waals surface area contributed by atoms with Gasteiger partial charge in [0.15, 0.2) is 0 Å². The van der Waals surface area contributed by atoms with Crippen molar-refractivity contribution >= 4 is 11.8 Å². The first-order valence-corrected chi connectivity index (χ1v) is 9.95. The maximum atomic E-state index is 13.6. The van der Waals surface area contributed by atoms with Crippen molar-refractivity contribution in [1.82, 2.24) is 10.2 Å². The standard InChI is InChI=1S/C21H29FN2O2/c22-19-12-5-4-8-16(19)9-6-7-13-23-21(26)17-14-20(25)24(15-17)18-10-2-1-3-11-18/h4-5,8,12,17-18H,1-3,6-7,9-11,13-15H2,(H,23,26). The van der Waals surface area contributed by atoms with Crippen molar-refractivity contribution in [3.8, 4) is 0 Å². The Balaban J connectivity index is 1.36. The van der Waals surface area contributed by atoms with Gasteiger partial charge >= 0.3 is 0 Å². The van der Waals surface area contributed by atoms with Crippen LogP contribution in [-0.2, 0) is 16.0 Å². The van der Waals surface area contributed by atoms with Gasteiger partial charge in [-0.05, 0) is 43.7 Å². The molecule has 142 valence electrons. The van der Waals surface area contributed by atoms with E-state index in [1.807, 2.05) is 11.0 Å². The third-order valence-corrected chi connectivity index (χ3v) is 5.67. The van der Waals surface area contributed by atoms with E-state index in [1.54, 1.807) is 12.1 Å². The summed E-state index contributed by atoms with van der Waals surface area (Å²) in [6.45, 7) is 1.16. The van der Waals surface area contributed by atoms with Gasteiger partial charge in [-0.15, -0.1) is 0 Å². The number of carbonyl (C=O) groups excluding carboxylic acids is 2. The molecule has 3 rings (SSSR count). The van der Waals surface area contributed by atoms with Gasteiger partial charge in [0.05, 0.1) is 5.92 Å². The highest BCUT2D eigenvalue weighted by Gasteiger charge is 2.37. The van der Waals surface area contributed by atoms with E-state index in [-0.39, 0.29) is 23.5 Å². The fourth-order valence-electron chi connectivity index (χ4n) is 4.15. The summed E-state index contributed by atoms with van der Waals surface area (Å²) in [5, 5.41) is 2.96. The van der Waals surface area contributed by atoms with Crippen LogP contribution in [0, 0.1) is 11.7 Å². The molecule has 1 aliphatic carbocycles. The van der Waals surface area contributed by atoms with Crippen molar-refractivity contribution in [2.45, 2.75) is 63.8 Å². The number of amides is 2.